The Labute approximate surface area is 196 Å². The van der Waals surface area contributed by atoms with Crippen LogP contribution >= 0.6 is 0 Å². The smallest absolute Gasteiger partial charge is 0.475 e. The quantitative estimate of drug-likeness (QED) is 0.452. The molecule has 192 valence electrons. The van der Waals surface area contributed by atoms with Crippen LogP contribution in [0.15, 0.2) is 47.4 Å². The summed E-state index contributed by atoms with van der Waals surface area (Å²) in [6.45, 7) is 6.75. The highest BCUT2D eigenvalue weighted by molar-refractivity contribution is 7.86. The predicted molar refractivity (Wildman–Crippen MR) is 122 cm³/mol. The summed E-state index contributed by atoms with van der Waals surface area (Å²) >= 11 is 0. The van der Waals surface area contributed by atoms with E-state index in [9.17, 15) is 26.7 Å². The first-order chi connectivity index (χ1) is 15.7. The highest BCUT2D eigenvalue weighted by atomic mass is 32.2. The van der Waals surface area contributed by atoms with E-state index >= 15 is 0 Å². The Bertz CT molecular complexity index is 1030. The Kier molecular flexibility index (Phi) is 11.4. The van der Waals surface area contributed by atoms with E-state index in [1.807, 2.05) is 6.07 Å². The lowest BCUT2D eigenvalue weighted by molar-refractivity contribution is -0.192. The number of β-amino-alcohol motifs (C(OH)–C–C–N with tert-alkyl or cyclic N) is 1. The van der Waals surface area contributed by atoms with Gasteiger partial charge in [-0.3, -0.25) is 9.45 Å². The van der Waals surface area contributed by atoms with Crippen molar-refractivity contribution in [2.45, 2.75) is 49.9 Å². The lowest BCUT2D eigenvalue weighted by atomic mass is 10.0. The number of alkyl halides is 3. The Morgan fingerprint density at radius 2 is 1.74 bits per heavy atom. The first-order valence-electron chi connectivity index (χ1n) is 10.6. The lowest BCUT2D eigenvalue weighted by Crippen LogP contribution is -2.41. The molecule has 34 heavy (non-hydrogen) atoms. The van der Waals surface area contributed by atoms with Gasteiger partial charge in [0.15, 0.2) is 0 Å². The number of hydrogen-bond acceptors (Lipinski definition) is 6. The van der Waals surface area contributed by atoms with E-state index in [2.05, 4.69) is 18.7 Å². The number of rotatable bonds is 5. The first kappa shape index (κ1) is 29.8. The van der Waals surface area contributed by atoms with E-state index in [1.165, 1.54) is 18.9 Å². The van der Waals surface area contributed by atoms with Crippen LogP contribution in [0.5, 0.6) is 0 Å². The van der Waals surface area contributed by atoms with Crippen molar-refractivity contribution in [2.24, 2.45) is 11.7 Å². The average molecular weight is 509 g/mol. The summed E-state index contributed by atoms with van der Waals surface area (Å²) in [6.07, 6.45) is -2.89. The number of carboxylic acid groups (broad SMARTS) is 1. The zero-order valence-corrected chi connectivity index (χ0v) is 19.8. The maximum atomic E-state index is 11.0. The van der Waals surface area contributed by atoms with Crippen LogP contribution in [-0.4, -0.2) is 72.0 Å². The third-order valence-corrected chi connectivity index (χ3v) is 6.08. The molecular weight excluding hydrogens is 477 g/mol. The Morgan fingerprint density at radius 3 is 2.24 bits per heavy atom. The van der Waals surface area contributed by atoms with Crippen LogP contribution < -0.4 is 5.73 Å². The van der Waals surface area contributed by atoms with E-state index in [1.54, 1.807) is 30.3 Å². The van der Waals surface area contributed by atoms with E-state index in [0.717, 1.165) is 18.5 Å². The summed E-state index contributed by atoms with van der Waals surface area (Å²) in [5.74, 6) is -2.07. The highest BCUT2D eigenvalue weighted by Crippen LogP contribution is 2.24. The zero-order valence-electron chi connectivity index (χ0n) is 18.9. The van der Waals surface area contributed by atoms with Gasteiger partial charge in [0.25, 0.3) is 10.1 Å². The SMILES string of the molecule is CC(C)C1CCCN1C[C@H](O)CN.O=C(O)C(F)(F)F.O=S(=O)(O)c1cccc2ccccc12. The number of nitrogens with zero attached hydrogens (tertiary/aromatic N) is 1. The molecule has 0 spiro atoms. The molecule has 1 aliphatic heterocycles. The van der Waals surface area contributed by atoms with E-state index in [4.69, 9.17) is 20.2 Å². The molecule has 8 nitrogen and oxygen atoms in total. The van der Waals surface area contributed by atoms with Gasteiger partial charge in [-0.1, -0.05) is 50.2 Å². The molecule has 0 radical (unpaired) electrons. The second-order valence-corrected chi connectivity index (χ2v) is 9.48. The molecule has 3 rings (SSSR count). The molecule has 5 N–H and O–H groups in total. The third-order valence-electron chi connectivity index (χ3n) is 5.17. The van der Waals surface area contributed by atoms with E-state index in [0.29, 0.717) is 23.9 Å². The molecule has 2 atom stereocenters. The number of carboxylic acids is 1. The highest BCUT2D eigenvalue weighted by Gasteiger charge is 2.38. The van der Waals surface area contributed by atoms with Gasteiger partial charge in [-0.2, -0.15) is 21.6 Å². The maximum Gasteiger partial charge on any atom is 0.490 e. The molecule has 12 heteroatoms. The lowest BCUT2D eigenvalue weighted by Gasteiger charge is -2.28. The minimum Gasteiger partial charge on any atom is -0.475 e. The van der Waals surface area contributed by atoms with Crippen molar-refractivity contribution in [1.82, 2.24) is 4.90 Å². The van der Waals surface area contributed by atoms with Crippen LogP contribution in [0.25, 0.3) is 10.8 Å². The summed E-state index contributed by atoms with van der Waals surface area (Å²) in [7, 11) is -4.13. The fourth-order valence-corrected chi connectivity index (χ4v) is 4.31. The van der Waals surface area contributed by atoms with Crippen molar-refractivity contribution >= 4 is 26.9 Å². The molecule has 2 aromatic carbocycles. The number of carbonyl (C=O) groups is 1. The van der Waals surface area contributed by atoms with Gasteiger partial charge in [-0.15, -0.1) is 0 Å². The van der Waals surface area contributed by atoms with Gasteiger partial charge in [0.2, 0.25) is 0 Å². The van der Waals surface area contributed by atoms with Gasteiger partial charge in [-0.25, -0.2) is 4.79 Å². The topological polar surface area (TPSA) is 141 Å². The summed E-state index contributed by atoms with van der Waals surface area (Å²) < 4.78 is 62.7. The summed E-state index contributed by atoms with van der Waals surface area (Å²) in [5.41, 5.74) is 5.40. The number of aliphatic hydroxyl groups is 1. The van der Waals surface area contributed by atoms with E-state index < -0.39 is 22.3 Å². The van der Waals surface area contributed by atoms with Crippen LogP contribution in [0.3, 0.4) is 0 Å². The number of halogens is 3. The average Bonchev–Trinajstić information content (AvgIpc) is 3.21. The Balaban J connectivity index is 0.000000271. The van der Waals surface area contributed by atoms with Gasteiger partial charge in [0, 0.05) is 24.5 Å². The Morgan fingerprint density at radius 1 is 1.18 bits per heavy atom. The second-order valence-electron chi connectivity index (χ2n) is 8.09. The minimum atomic E-state index is -5.08. The van der Waals surface area contributed by atoms with Gasteiger partial charge < -0.3 is 15.9 Å². The number of aliphatic carboxylic acids is 1. The van der Waals surface area contributed by atoms with Gasteiger partial charge >= 0.3 is 12.1 Å². The van der Waals surface area contributed by atoms with Crippen molar-refractivity contribution in [3.05, 3.63) is 42.5 Å². The number of nitrogens with two attached hydrogens (primary N) is 1. The number of aliphatic hydroxyl groups excluding tert-OH is 1. The number of benzene rings is 2. The van der Waals surface area contributed by atoms with E-state index in [-0.39, 0.29) is 11.0 Å². The van der Waals surface area contributed by atoms with Crippen LogP contribution in [0, 0.1) is 5.92 Å². The van der Waals surface area contributed by atoms with Crippen molar-refractivity contribution in [2.75, 3.05) is 19.6 Å². The van der Waals surface area contributed by atoms with Crippen molar-refractivity contribution < 1.29 is 41.1 Å². The largest absolute Gasteiger partial charge is 0.490 e. The fraction of sp³-hybridized carbons (Fsp3) is 0.500. The third kappa shape index (κ3) is 9.55. The Hall–Kier alpha value is -2.25. The molecule has 0 aromatic heterocycles. The van der Waals surface area contributed by atoms with Crippen LogP contribution in [0.1, 0.15) is 26.7 Å². The van der Waals surface area contributed by atoms with Gasteiger partial charge in [-0.05, 0) is 36.8 Å². The molecule has 1 aliphatic rings. The fourth-order valence-electron chi connectivity index (χ4n) is 3.60. The van der Waals surface area contributed by atoms with Crippen LogP contribution in [-0.2, 0) is 14.9 Å². The van der Waals surface area contributed by atoms with Crippen molar-refractivity contribution in [3.8, 4) is 0 Å². The molecule has 0 aliphatic carbocycles. The molecule has 1 unspecified atom stereocenters. The number of likely N-dealkylation sites (tertiary alicyclic amines) is 1. The summed E-state index contributed by atoms with van der Waals surface area (Å²) in [5, 5.41) is 17.9. The van der Waals surface area contributed by atoms with Crippen LogP contribution in [0.2, 0.25) is 0 Å². The predicted octanol–water partition coefficient (Wildman–Crippen LogP) is 3.15. The molecule has 1 saturated heterocycles. The summed E-state index contributed by atoms with van der Waals surface area (Å²) in [6, 6.07) is 12.4. The molecule has 1 fully saturated rings. The van der Waals surface area contributed by atoms with Crippen molar-refractivity contribution in [1.29, 1.82) is 0 Å². The molecule has 0 bridgehead atoms. The van der Waals surface area contributed by atoms with Crippen molar-refractivity contribution in [3.63, 3.8) is 0 Å². The minimum absolute atomic E-state index is 0.0457. The standard InChI is InChI=1S/C10H22N2O.C10H8O3S.C2HF3O2/c1-8(2)10-4-3-5-12(10)7-9(13)6-11;11-14(12,13)10-7-3-5-8-4-1-2-6-9(8)10;3-2(4,5)1(6)7/h8-10,13H,3-7,11H2,1-2H3;1-7H,(H,11,12,13);(H,6,7)/t9-,10?;;/m1../s1. The molecule has 2 aromatic rings. The van der Waals surface area contributed by atoms with Gasteiger partial charge in [0.1, 0.15) is 4.90 Å². The second kappa shape index (κ2) is 13.0. The molecular formula is C22H31F3N2O6S. The molecule has 0 saturated carbocycles. The monoisotopic (exact) mass is 508 g/mol. The van der Waals surface area contributed by atoms with Gasteiger partial charge in [0.05, 0.1) is 6.10 Å². The first-order valence-corrected chi connectivity index (χ1v) is 12.0. The maximum absolute atomic E-state index is 11.0. The number of fused-ring (bicyclic) bond motifs is 1. The number of hydrogen-bond donors (Lipinski definition) is 4. The van der Waals surface area contributed by atoms with Crippen LogP contribution in [0.4, 0.5) is 13.2 Å². The summed E-state index contributed by atoms with van der Waals surface area (Å²) in [4.78, 5) is 11.2. The molecule has 1 heterocycles. The zero-order chi connectivity index (χ0) is 26.1. The molecule has 0 amide bonds. The normalized spacial score (nSPS) is 17.5.